The van der Waals surface area contributed by atoms with Crippen molar-refractivity contribution in [3.63, 3.8) is 0 Å². The molecule has 2 heterocycles. The zero-order chi connectivity index (χ0) is 34.9. The number of rotatable bonds is 4. The van der Waals surface area contributed by atoms with Gasteiger partial charge in [0, 0.05) is 27.5 Å². The maximum absolute atomic E-state index is 6.15. The zero-order valence-corrected chi connectivity index (χ0v) is 28.5. The van der Waals surface area contributed by atoms with Crippen molar-refractivity contribution in [1.29, 1.82) is 0 Å². The Hall–Kier alpha value is -7.17. The highest BCUT2D eigenvalue weighted by atomic mass is 16.3. The molecule has 53 heavy (non-hydrogen) atoms. The molecule has 0 amide bonds. The Bertz CT molecular complexity index is 3230. The van der Waals surface area contributed by atoms with E-state index in [1.165, 1.54) is 43.3 Å². The molecule has 0 fully saturated rings. The molecule has 0 unspecified atom stereocenters. The van der Waals surface area contributed by atoms with E-state index in [9.17, 15) is 0 Å². The normalized spacial score (nSPS) is 11.8. The molecule has 4 heteroatoms. The van der Waals surface area contributed by atoms with Gasteiger partial charge in [-0.2, -0.15) is 0 Å². The minimum absolute atomic E-state index is 0.611. The lowest BCUT2D eigenvalue weighted by Crippen LogP contribution is -2.00. The molecule has 0 radical (unpaired) electrons. The Morgan fingerprint density at radius 1 is 0.283 bits per heavy atom. The van der Waals surface area contributed by atoms with Crippen molar-refractivity contribution in [2.75, 3.05) is 0 Å². The van der Waals surface area contributed by atoms with Crippen LogP contribution in [-0.4, -0.2) is 15.0 Å². The number of benzene rings is 9. The molecule has 0 aliphatic rings. The summed E-state index contributed by atoms with van der Waals surface area (Å²) in [6, 6.07) is 61.8. The van der Waals surface area contributed by atoms with E-state index < -0.39 is 0 Å². The molecule has 0 N–H and O–H groups in total. The van der Waals surface area contributed by atoms with Crippen LogP contribution in [0.3, 0.4) is 0 Å². The average Bonchev–Trinajstić information content (AvgIpc) is 3.61. The lowest BCUT2D eigenvalue weighted by atomic mass is 9.96. The largest absolute Gasteiger partial charge is 0.456 e. The third-order valence-corrected chi connectivity index (χ3v) is 10.5. The Morgan fingerprint density at radius 2 is 0.792 bits per heavy atom. The zero-order valence-electron chi connectivity index (χ0n) is 28.5. The minimum atomic E-state index is 0.611. The molecular formula is C49H29N3O. The summed E-state index contributed by atoms with van der Waals surface area (Å²) in [5.74, 6) is 1.86. The van der Waals surface area contributed by atoms with E-state index >= 15 is 0 Å². The van der Waals surface area contributed by atoms with Gasteiger partial charge in [-0.15, -0.1) is 0 Å². The summed E-state index contributed by atoms with van der Waals surface area (Å²) in [7, 11) is 0. The topological polar surface area (TPSA) is 51.8 Å². The molecule has 11 rings (SSSR count). The second kappa shape index (κ2) is 11.7. The first-order valence-corrected chi connectivity index (χ1v) is 17.8. The van der Waals surface area contributed by atoms with E-state index in [1.807, 2.05) is 30.3 Å². The van der Waals surface area contributed by atoms with Gasteiger partial charge in [0.25, 0.3) is 0 Å². The second-order valence-corrected chi connectivity index (χ2v) is 13.6. The number of hydrogen-bond acceptors (Lipinski definition) is 4. The summed E-state index contributed by atoms with van der Waals surface area (Å²) < 4.78 is 6.15. The third kappa shape index (κ3) is 4.88. The first-order valence-electron chi connectivity index (χ1n) is 17.8. The number of aromatic nitrogens is 3. The maximum atomic E-state index is 6.15. The van der Waals surface area contributed by atoms with E-state index in [1.54, 1.807) is 0 Å². The first kappa shape index (κ1) is 29.5. The Kier molecular flexibility index (Phi) is 6.52. The summed E-state index contributed by atoms with van der Waals surface area (Å²) in [5.41, 5.74) is 6.80. The van der Waals surface area contributed by atoms with Gasteiger partial charge in [-0.05, 0) is 84.5 Å². The van der Waals surface area contributed by atoms with Crippen LogP contribution in [0.1, 0.15) is 0 Å². The monoisotopic (exact) mass is 675 g/mol. The van der Waals surface area contributed by atoms with Crippen LogP contribution in [0, 0.1) is 0 Å². The summed E-state index contributed by atoms with van der Waals surface area (Å²) in [6.45, 7) is 0. The molecule has 246 valence electrons. The van der Waals surface area contributed by atoms with Gasteiger partial charge in [0.15, 0.2) is 17.5 Å². The molecule has 0 saturated heterocycles. The molecule has 2 aromatic heterocycles. The Labute approximate surface area is 304 Å². The number of furan rings is 1. The van der Waals surface area contributed by atoms with Gasteiger partial charge < -0.3 is 4.42 Å². The van der Waals surface area contributed by atoms with E-state index in [4.69, 9.17) is 19.4 Å². The molecule has 0 aliphatic heterocycles. The summed E-state index contributed by atoms with van der Waals surface area (Å²) >= 11 is 0. The van der Waals surface area contributed by atoms with Crippen LogP contribution in [0.15, 0.2) is 180 Å². The van der Waals surface area contributed by atoms with Gasteiger partial charge >= 0.3 is 0 Å². The molecule has 0 atom stereocenters. The van der Waals surface area contributed by atoms with Crippen LogP contribution < -0.4 is 0 Å². The lowest BCUT2D eigenvalue weighted by molar-refractivity contribution is 0.669. The fourth-order valence-corrected chi connectivity index (χ4v) is 7.87. The van der Waals surface area contributed by atoms with E-state index in [2.05, 4.69) is 146 Å². The Balaban J connectivity index is 1.07. The van der Waals surface area contributed by atoms with Gasteiger partial charge in [0.2, 0.25) is 0 Å². The molecule has 11 aromatic rings. The van der Waals surface area contributed by atoms with Crippen molar-refractivity contribution in [1.82, 2.24) is 15.0 Å². The van der Waals surface area contributed by atoms with Crippen LogP contribution in [-0.2, 0) is 0 Å². The van der Waals surface area contributed by atoms with Crippen LogP contribution in [0.4, 0.5) is 0 Å². The maximum Gasteiger partial charge on any atom is 0.164 e. The molecule has 9 aromatic carbocycles. The highest BCUT2D eigenvalue weighted by molar-refractivity contribution is 6.17. The van der Waals surface area contributed by atoms with Crippen LogP contribution >= 0.6 is 0 Å². The highest BCUT2D eigenvalue weighted by Gasteiger charge is 2.16. The predicted molar refractivity (Wildman–Crippen MR) is 219 cm³/mol. The smallest absolute Gasteiger partial charge is 0.164 e. The van der Waals surface area contributed by atoms with Gasteiger partial charge in [-0.1, -0.05) is 146 Å². The molecule has 0 saturated carbocycles. The quantitative estimate of drug-likeness (QED) is 0.174. The van der Waals surface area contributed by atoms with Gasteiger partial charge in [0.1, 0.15) is 11.2 Å². The minimum Gasteiger partial charge on any atom is -0.456 e. The lowest BCUT2D eigenvalue weighted by Gasteiger charge is -2.11. The predicted octanol–water partition coefficient (Wildman–Crippen LogP) is 13.1. The summed E-state index contributed by atoms with van der Waals surface area (Å²) in [4.78, 5) is 15.4. The van der Waals surface area contributed by atoms with Crippen LogP contribution in [0.2, 0.25) is 0 Å². The van der Waals surface area contributed by atoms with Crippen LogP contribution in [0.5, 0.6) is 0 Å². The first-order chi connectivity index (χ1) is 26.2. The molecule has 0 bridgehead atoms. The second-order valence-electron chi connectivity index (χ2n) is 13.6. The molecule has 4 nitrogen and oxygen atoms in total. The molecule has 0 aliphatic carbocycles. The number of nitrogens with zero attached hydrogens (tertiary/aromatic N) is 3. The fraction of sp³-hybridized carbons (Fsp3) is 0. The van der Waals surface area contributed by atoms with Crippen molar-refractivity contribution in [2.45, 2.75) is 0 Å². The number of fused-ring (bicyclic) bond motifs is 9. The van der Waals surface area contributed by atoms with E-state index in [0.717, 1.165) is 49.6 Å². The van der Waals surface area contributed by atoms with Crippen molar-refractivity contribution in [2.24, 2.45) is 0 Å². The van der Waals surface area contributed by atoms with Crippen molar-refractivity contribution < 1.29 is 4.42 Å². The van der Waals surface area contributed by atoms with Gasteiger partial charge in [0.05, 0.1) is 0 Å². The van der Waals surface area contributed by atoms with E-state index in [-0.39, 0.29) is 0 Å². The highest BCUT2D eigenvalue weighted by Crippen LogP contribution is 2.36. The summed E-state index contributed by atoms with van der Waals surface area (Å²) in [5, 5.41) is 11.9. The number of para-hydroxylation sites is 1. The Morgan fingerprint density at radius 3 is 1.58 bits per heavy atom. The van der Waals surface area contributed by atoms with Gasteiger partial charge in [-0.25, -0.2) is 15.0 Å². The fourth-order valence-electron chi connectivity index (χ4n) is 7.87. The molecule has 0 spiro atoms. The third-order valence-electron chi connectivity index (χ3n) is 10.5. The number of hydrogen-bond donors (Lipinski definition) is 0. The van der Waals surface area contributed by atoms with Gasteiger partial charge in [-0.3, -0.25) is 0 Å². The van der Waals surface area contributed by atoms with Crippen molar-refractivity contribution in [3.8, 4) is 45.3 Å². The molecular weight excluding hydrogens is 647 g/mol. The summed E-state index contributed by atoms with van der Waals surface area (Å²) in [6.07, 6.45) is 0. The van der Waals surface area contributed by atoms with E-state index in [0.29, 0.717) is 17.5 Å². The SMILES string of the molecule is c1ccc2c(-c3ccc(-c4nc(-c5ccc6c(ccc7c8ccccc8ccc67)c5)nc(-c5ccc6oc7ccccc7c6c5)n4)cc3)cccc2c1. The van der Waals surface area contributed by atoms with Crippen molar-refractivity contribution in [3.05, 3.63) is 176 Å². The van der Waals surface area contributed by atoms with Crippen molar-refractivity contribution >= 4 is 65.0 Å². The van der Waals surface area contributed by atoms with Crippen LogP contribution in [0.25, 0.3) is 110 Å². The standard InChI is InChI=1S/C49H29N3O/c1-3-11-37-30(8-1)10-7-14-38(37)32-16-18-33(19-17-32)47-50-48(52-49(51-47)36-23-27-46-44(29-36)43-13-5-6-15-45(43)53-46)35-22-24-40-34(28-35)21-26-41-39-12-4-2-9-31(39)20-25-42(40)41/h1-29H. The average molecular weight is 676 g/mol.